The SMILES string of the molecule is COCCn1nc2n(c1=O)CC1(CCN(C(=O)c3ccc4c(c3)CCCO4)C1)OC2. The highest BCUT2D eigenvalue weighted by Gasteiger charge is 2.45. The van der Waals surface area contributed by atoms with Gasteiger partial charge in [0, 0.05) is 19.2 Å². The highest BCUT2D eigenvalue weighted by molar-refractivity contribution is 5.95. The van der Waals surface area contributed by atoms with E-state index in [1.165, 1.54) is 4.68 Å². The average Bonchev–Trinajstić information content (AvgIpc) is 3.33. The van der Waals surface area contributed by atoms with Crippen LogP contribution in [-0.2, 0) is 35.6 Å². The molecule has 9 nitrogen and oxygen atoms in total. The summed E-state index contributed by atoms with van der Waals surface area (Å²) >= 11 is 0. The molecule has 1 amide bonds. The van der Waals surface area contributed by atoms with Gasteiger partial charge in [0.1, 0.15) is 18.0 Å². The van der Waals surface area contributed by atoms with Gasteiger partial charge in [-0.3, -0.25) is 9.36 Å². The molecule has 0 bridgehead atoms. The molecule has 1 aromatic carbocycles. The molecule has 1 unspecified atom stereocenters. The van der Waals surface area contributed by atoms with Crippen LogP contribution in [-0.4, -0.2) is 64.2 Å². The summed E-state index contributed by atoms with van der Waals surface area (Å²) in [4.78, 5) is 27.6. The third-order valence-electron chi connectivity index (χ3n) is 6.22. The summed E-state index contributed by atoms with van der Waals surface area (Å²) in [5, 5.41) is 4.35. The monoisotopic (exact) mass is 414 g/mol. The zero-order valence-electron chi connectivity index (χ0n) is 17.1. The Hall–Kier alpha value is -2.65. The number of likely N-dealkylation sites (tertiary alicyclic amines) is 1. The molecule has 0 aliphatic carbocycles. The van der Waals surface area contributed by atoms with Gasteiger partial charge >= 0.3 is 5.69 Å². The summed E-state index contributed by atoms with van der Waals surface area (Å²) in [5.74, 6) is 1.50. The number of amides is 1. The maximum atomic E-state index is 13.1. The van der Waals surface area contributed by atoms with Gasteiger partial charge in [-0.25, -0.2) is 9.48 Å². The first-order valence-corrected chi connectivity index (χ1v) is 10.4. The van der Waals surface area contributed by atoms with Crippen molar-refractivity contribution >= 4 is 5.91 Å². The number of aryl methyl sites for hydroxylation is 1. The molecule has 1 aromatic heterocycles. The molecule has 9 heteroatoms. The highest BCUT2D eigenvalue weighted by Crippen LogP contribution is 2.33. The van der Waals surface area contributed by atoms with E-state index in [1.54, 1.807) is 11.7 Å². The predicted molar refractivity (Wildman–Crippen MR) is 107 cm³/mol. The molecule has 160 valence electrons. The maximum absolute atomic E-state index is 13.1. The molecule has 0 radical (unpaired) electrons. The minimum Gasteiger partial charge on any atom is -0.493 e. The van der Waals surface area contributed by atoms with Gasteiger partial charge in [-0.05, 0) is 43.0 Å². The molecule has 3 aliphatic heterocycles. The Balaban J connectivity index is 1.32. The van der Waals surface area contributed by atoms with E-state index >= 15 is 0 Å². The second-order valence-corrected chi connectivity index (χ2v) is 8.22. The third-order valence-corrected chi connectivity index (χ3v) is 6.22. The quantitative estimate of drug-likeness (QED) is 0.737. The topological polar surface area (TPSA) is 87.8 Å². The van der Waals surface area contributed by atoms with Crippen molar-refractivity contribution in [2.75, 3.05) is 33.4 Å². The molecule has 1 atom stereocenters. The zero-order valence-corrected chi connectivity index (χ0v) is 17.1. The van der Waals surface area contributed by atoms with E-state index in [-0.39, 0.29) is 18.2 Å². The van der Waals surface area contributed by atoms with Crippen LogP contribution in [0.4, 0.5) is 0 Å². The fraction of sp³-hybridized carbons (Fsp3) is 0.571. The van der Waals surface area contributed by atoms with Crippen LogP contribution < -0.4 is 10.4 Å². The molecule has 1 saturated heterocycles. The van der Waals surface area contributed by atoms with Crippen molar-refractivity contribution in [3.05, 3.63) is 45.6 Å². The van der Waals surface area contributed by atoms with Crippen molar-refractivity contribution < 1.29 is 19.0 Å². The maximum Gasteiger partial charge on any atom is 0.346 e. The van der Waals surface area contributed by atoms with Crippen LogP contribution in [0.15, 0.2) is 23.0 Å². The molecule has 1 spiro atoms. The van der Waals surface area contributed by atoms with Gasteiger partial charge in [0.2, 0.25) is 0 Å². The lowest BCUT2D eigenvalue weighted by atomic mass is 10.0. The Kier molecular flexibility index (Phi) is 4.86. The third kappa shape index (κ3) is 3.31. The molecular formula is C21H26N4O5. The van der Waals surface area contributed by atoms with Crippen LogP contribution in [0.2, 0.25) is 0 Å². The Morgan fingerprint density at radius 1 is 1.33 bits per heavy atom. The first kappa shape index (κ1) is 19.3. The lowest BCUT2D eigenvalue weighted by Crippen LogP contribution is -2.47. The van der Waals surface area contributed by atoms with E-state index in [0.717, 1.165) is 30.8 Å². The Bertz CT molecular complexity index is 1030. The fourth-order valence-electron chi connectivity index (χ4n) is 4.57. The molecule has 2 aromatic rings. The standard InChI is InChI=1S/C21H26N4O5/c1-28-10-8-25-20(27)24-14-21(30-12-18(24)22-25)6-7-23(13-21)19(26)16-4-5-17-15(11-16)3-2-9-29-17/h4-5,11H,2-3,6-10,12-14H2,1H3. The number of hydrogen-bond acceptors (Lipinski definition) is 6. The summed E-state index contributed by atoms with van der Waals surface area (Å²) < 4.78 is 20.0. The van der Waals surface area contributed by atoms with Crippen LogP contribution in [0.3, 0.4) is 0 Å². The van der Waals surface area contributed by atoms with E-state index < -0.39 is 5.60 Å². The largest absolute Gasteiger partial charge is 0.493 e. The van der Waals surface area contributed by atoms with E-state index in [9.17, 15) is 9.59 Å². The van der Waals surface area contributed by atoms with Crippen molar-refractivity contribution in [1.82, 2.24) is 19.2 Å². The summed E-state index contributed by atoms with van der Waals surface area (Å²) in [7, 11) is 1.60. The number of fused-ring (bicyclic) bond motifs is 2. The first-order valence-electron chi connectivity index (χ1n) is 10.4. The number of ether oxygens (including phenoxy) is 3. The highest BCUT2D eigenvalue weighted by atomic mass is 16.5. The summed E-state index contributed by atoms with van der Waals surface area (Å²) in [6, 6.07) is 5.68. The Labute approximate surface area is 174 Å². The van der Waals surface area contributed by atoms with Gasteiger partial charge < -0.3 is 19.1 Å². The minimum absolute atomic E-state index is 0.00205. The van der Waals surface area contributed by atoms with Crippen molar-refractivity contribution in [3.63, 3.8) is 0 Å². The molecular weight excluding hydrogens is 388 g/mol. The molecule has 0 saturated carbocycles. The van der Waals surface area contributed by atoms with Gasteiger partial charge in [0.15, 0.2) is 5.82 Å². The number of aromatic nitrogens is 3. The number of hydrogen-bond donors (Lipinski definition) is 0. The van der Waals surface area contributed by atoms with Gasteiger partial charge in [-0.15, -0.1) is 0 Å². The average molecular weight is 414 g/mol. The molecule has 5 rings (SSSR count). The van der Waals surface area contributed by atoms with Crippen molar-refractivity contribution in [2.45, 2.75) is 44.6 Å². The molecule has 1 fully saturated rings. The number of nitrogens with zero attached hydrogens (tertiary/aromatic N) is 4. The summed E-state index contributed by atoms with van der Waals surface area (Å²) in [5.41, 5.74) is 1.08. The number of rotatable bonds is 4. The second-order valence-electron chi connectivity index (χ2n) is 8.22. The van der Waals surface area contributed by atoms with E-state index in [2.05, 4.69) is 5.10 Å². The van der Waals surface area contributed by atoms with Crippen molar-refractivity contribution in [3.8, 4) is 5.75 Å². The van der Waals surface area contributed by atoms with Crippen molar-refractivity contribution in [1.29, 1.82) is 0 Å². The van der Waals surface area contributed by atoms with Crippen LogP contribution in [0, 0.1) is 0 Å². The van der Waals surface area contributed by atoms with Crippen LogP contribution in [0.5, 0.6) is 5.75 Å². The predicted octanol–water partition coefficient (Wildman–Crippen LogP) is 0.831. The van der Waals surface area contributed by atoms with Gasteiger partial charge in [-0.2, -0.15) is 5.10 Å². The smallest absolute Gasteiger partial charge is 0.346 e. The van der Waals surface area contributed by atoms with Gasteiger partial charge in [0.05, 0.1) is 32.8 Å². The van der Waals surface area contributed by atoms with Crippen LogP contribution in [0.25, 0.3) is 0 Å². The Morgan fingerprint density at radius 2 is 2.23 bits per heavy atom. The number of benzene rings is 1. The lowest BCUT2D eigenvalue weighted by molar-refractivity contribution is -0.0816. The summed E-state index contributed by atoms with van der Waals surface area (Å²) in [6.45, 7) is 3.33. The minimum atomic E-state index is -0.543. The molecule has 0 N–H and O–H groups in total. The van der Waals surface area contributed by atoms with Crippen molar-refractivity contribution in [2.24, 2.45) is 0 Å². The first-order chi connectivity index (χ1) is 14.6. The van der Waals surface area contributed by atoms with Gasteiger partial charge in [-0.1, -0.05) is 0 Å². The molecule has 30 heavy (non-hydrogen) atoms. The molecule has 4 heterocycles. The number of methoxy groups -OCH3 is 1. The Morgan fingerprint density at radius 3 is 3.10 bits per heavy atom. The molecule has 3 aliphatic rings. The lowest BCUT2D eigenvalue weighted by Gasteiger charge is -2.33. The van der Waals surface area contributed by atoms with E-state index in [1.807, 2.05) is 23.1 Å². The van der Waals surface area contributed by atoms with E-state index in [4.69, 9.17) is 14.2 Å². The number of carbonyl (C=O) groups excluding carboxylic acids is 1. The van der Waals surface area contributed by atoms with Crippen LogP contribution >= 0.6 is 0 Å². The summed E-state index contributed by atoms with van der Waals surface area (Å²) in [6.07, 6.45) is 2.60. The van der Waals surface area contributed by atoms with Crippen LogP contribution in [0.1, 0.15) is 34.6 Å². The van der Waals surface area contributed by atoms with Gasteiger partial charge in [0.25, 0.3) is 5.91 Å². The normalized spacial score (nSPS) is 22.6. The second kappa shape index (κ2) is 7.55. The van der Waals surface area contributed by atoms with E-state index in [0.29, 0.717) is 50.6 Å². The zero-order chi connectivity index (χ0) is 20.7. The fourth-order valence-corrected chi connectivity index (χ4v) is 4.57. The number of carbonyl (C=O) groups is 1.